The Morgan fingerprint density at radius 1 is 1.08 bits per heavy atom. The Labute approximate surface area is 157 Å². The van der Waals surface area contributed by atoms with Gasteiger partial charge in [0.25, 0.3) is 11.8 Å². The van der Waals surface area contributed by atoms with Gasteiger partial charge in [-0.05, 0) is 42.9 Å². The van der Waals surface area contributed by atoms with Crippen LogP contribution < -0.4 is 15.0 Å². The van der Waals surface area contributed by atoms with E-state index in [1.165, 1.54) is 4.90 Å². The molecule has 5 nitrogen and oxygen atoms in total. The number of rotatable bonds is 5. The van der Waals surface area contributed by atoms with Gasteiger partial charge in [0.1, 0.15) is 11.3 Å². The first-order chi connectivity index (χ1) is 12.6. The number of anilines is 1. The van der Waals surface area contributed by atoms with Crippen LogP contribution in [0.5, 0.6) is 5.75 Å². The number of carbonyl (C=O) groups excluding carboxylic acids is 2. The third-order valence-corrected chi connectivity index (χ3v) is 4.08. The summed E-state index contributed by atoms with van der Waals surface area (Å²) >= 11 is 5.19. The second-order valence-electron chi connectivity index (χ2n) is 5.68. The van der Waals surface area contributed by atoms with Crippen LogP contribution in [-0.4, -0.2) is 23.5 Å². The molecule has 1 fully saturated rings. The van der Waals surface area contributed by atoms with Crippen molar-refractivity contribution in [3.8, 4) is 5.75 Å². The van der Waals surface area contributed by atoms with Gasteiger partial charge in [0.2, 0.25) is 0 Å². The van der Waals surface area contributed by atoms with Crippen LogP contribution in [0.15, 0.2) is 60.2 Å². The number of nitrogens with one attached hydrogen (secondary N) is 1. The van der Waals surface area contributed by atoms with Crippen molar-refractivity contribution in [2.45, 2.75) is 13.3 Å². The van der Waals surface area contributed by atoms with Gasteiger partial charge in [-0.25, -0.2) is 0 Å². The third kappa shape index (κ3) is 3.65. The van der Waals surface area contributed by atoms with Crippen molar-refractivity contribution < 1.29 is 14.3 Å². The van der Waals surface area contributed by atoms with E-state index in [1.54, 1.807) is 36.4 Å². The molecule has 2 amide bonds. The Morgan fingerprint density at radius 3 is 2.50 bits per heavy atom. The minimum absolute atomic E-state index is 0.00926. The summed E-state index contributed by atoms with van der Waals surface area (Å²) in [6.45, 7) is 2.57. The number of ether oxygens (including phenoxy) is 1. The number of hydrogen-bond donors (Lipinski definition) is 1. The molecule has 0 aliphatic carbocycles. The number of amides is 2. The maximum absolute atomic E-state index is 12.9. The Hall–Kier alpha value is -2.99. The Balaban J connectivity index is 1.99. The summed E-state index contributed by atoms with van der Waals surface area (Å²) in [5.41, 5.74) is 1.28. The zero-order valence-electron chi connectivity index (χ0n) is 14.3. The van der Waals surface area contributed by atoms with E-state index in [4.69, 9.17) is 17.0 Å². The molecule has 3 rings (SSSR count). The zero-order valence-corrected chi connectivity index (χ0v) is 15.1. The lowest BCUT2D eigenvalue weighted by Crippen LogP contribution is -2.54. The molecule has 1 aliphatic rings. The summed E-state index contributed by atoms with van der Waals surface area (Å²) in [6.07, 6.45) is 2.40. The molecule has 26 heavy (non-hydrogen) atoms. The van der Waals surface area contributed by atoms with Crippen LogP contribution in [0.3, 0.4) is 0 Å². The van der Waals surface area contributed by atoms with Crippen LogP contribution in [0.2, 0.25) is 0 Å². The maximum atomic E-state index is 12.9. The number of para-hydroxylation sites is 2. The maximum Gasteiger partial charge on any atom is 0.270 e. The van der Waals surface area contributed by atoms with Crippen LogP contribution in [0.25, 0.3) is 6.08 Å². The minimum atomic E-state index is -0.516. The van der Waals surface area contributed by atoms with E-state index in [1.807, 2.05) is 31.2 Å². The van der Waals surface area contributed by atoms with Crippen LogP contribution in [-0.2, 0) is 9.59 Å². The van der Waals surface area contributed by atoms with E-state index >= 15 is 0 Å². The lowest BCUT2D eigenvalue weighted by Gasteiger charge is -2.28. The Kier molecular flexibility index (Phi) is 5.43. The molecule has 0 saturated carbocycles. The minimum Gasteiger partial charge on any atom is -0.493 e. The SMILES string of the molecule is CCCOc1ccccc1/C=C1/C(=O)NC(=S)N(c2ccccc2)C1=O. The summed E-state index contributed by atoms with van der Waals surface area (Å²) in [5.74, 6) is -0.352. The van der Waals surface area contributed by atoms with Gasteiger partial charge in [-0.15, -0.1) is 0 Å². The first-order valence-electron chi connectivity index (χ1n) is 8.30. The number of carbonyl (C=O) groups is 2. The van der Waals surface area contributed by atoms with Crippen molar-refractivity contribution in [1.29, 1.82) is 0 Å². The predicted octanol–water partition coefficient (Wildman–Crippen LogP) is 3.31. The highest BCUT2D eigenvalue weighted by atomic mass is 32.1. The molecule has 1 N–H and O–H groups in total. The topological polar surface area (TPSA) is 58.6 Å². The van der Waals surface area contributed by atoms with E-state index in [0.29, 0.717) is 23.6 Å². The highest BCUT2D eigenvalue weighted by Gasteiger charge is 2.34. The van der Waals surface area contributed by atoms with Crippen molar-refractivity contribution >= 4 is 40.9 Å². The van der Waals surface area contributed by atoms with E-state index in [9.17, 15) is 9.59 Å². The van der Waals surface area contributed by atoms with Gasteiger partial charge in [-0.3, -0.25) is 19.8 Å². The predicted molar refractivity (Wildman–Crippen MR) is 105 cm³/mol. The zero-order chi connectivity index (χ0) is 18.5. The van der Waals surface area contributed by atoms with Crippen molar-refractivity contribution in [1.82, 2.24) is 5.32 Å². The highest BCUT2D eigenvalue weighted by molar-refractivity contribution is 7.80. The first kappa shape index (κ1) is 17.8. The summed E-state index contributed by atoms with van der Waals surface area (Å²) < 4.78 is 5.70. The van der Waals surface area contributed by atoms with Crippen LogP contribution >= 0.6 is 12.2 Å². The molecule has 0 radical (unpaired) electrons. The fraction of sp³-hybridized carbons (Fsp3) is 0.150. The number of nitrogens with zero attached hydrogens (tertiary/aromatic N) is 1. The summed E-state index contributed by atoms with van der Waals surface area (Å²) in [5, 5.41) is 2.65. The second-order valence-corrected chi connectivity index (χ2v) is 6.07. The molecule has 0 bridgehead atoms. The lowest BCUT2D eigenvalue weighted by atomic mass is 10.1. The molecule has 0 aromatic heterocycles. The van der Waals surface area contributed by atoms with Gasteiger partial charge in [0, 0.05) is 5.56 Å². The molecular weight excluding hydrogens is 348 g/mol. The van der Waals surface area contributed by atoms with E-state index in [0.717, 1.165) is 6.42 Å². The number of benzene rings is 2. The van der Waals surface area contributed by atoms with Crippen LogP contribution in [0.4, 0.5) is 5.69 Å². The summed E-state index contributed by atoms with van der Waals surface area (Å²) in [6, 6.07) is 16.3. The number of hydrogen-bond acceptors (Lipinski definition) is 4. The highest BCUT2D eigenvalue weighted by Crippen LogP contribution is 2.25. The normalized spacial score (nSPS) is 16.0. The van der Waals surface area contributed by atoms with Gasteiger partial charge < -0.3 is 4.74 Å². The molecule has 0 spiro atoms. The standard InChI is InChI=1S/C20H18N2O3S/c1-2-12-25-17-11-7-6-8-14(17)13-16-18(23)21-20(26)22(19(16)24)15-9-4-3-5-10-15/h3-11,13H,2,12H2,1H3,(H,21,23,26)/b16-13-. The lowest BCUT2D eigenvalue weighted by molar-refractivity contribution is -0.122. The van der Waals surface area contributed by atoms with Crippen molar-refractivity contribution in [2.75, 3.05) is 11.5 Å². The Bertz CT molecular complexity index is 878. The fourth-order valence-corrected chi connectivity index (χ4v) is 2.85. The largest absolute Gasteiger partial charge is 0.493 e. The first-order valence-corrected chi connectivity index (χ1v) is 8.71. The van der Waals surface area contributed by atoms with E-state index in [2.05, 4.69) is 5.32 Å². The van der Waals surface area contributed by atoms with E-state index in [-0.39, 0.29) is 10.7 Å². The average molecular weight is 366 g/mol. The van der Waals surface area contributed by atoms with Crippen molar-refractivity contribution in [3.05, 3.63) is 65.7 Å². The van der Waals surface area contributed by atoms with Crippen LogP contribution in [0.1, 0.15) is 18.9 Å². The molecule has 6 heteroatoms. The molecule has 0 unspecified atom stereocenters. The molecular formula is C20H18N2O3S. The Morgan fingerprint density at radius 2 is 1.77 bits per heavy atom. The van der Waals surface area contributed by atoms with Gasteiger partial charge in [-0.2, -0.15) is 0 Å². The molecule has 1 heterocycles. The van der Waals surface area contributed by atoms with Gasteiger partial charge in [-0.1, -0.05) is 43.3 Å². The molecule has 2 aromatic carbocycles. The number of thiocarbonyl (C=S) groups is 1. The quantitative estimate of drug-likeness (QED) is 0.501. The smallest absolute Gasteiger partial charge is 0.270 e. The molecule has 1 saturated heterocycles. The fourth-order valence-electron chi connectivity index (χ4n) is 2.57. The third-order valence-electron chi connectivity index (χ3n) is 3.80. The van der Waals surface area contributed by atoms with E-state index < -0.39 is 11.8 Å². The van der Waals surface area contributed by atoms with Gasteiger partial charge >= 0.3 is 0 Å². The van der Waals surface area contributed by atoms with Gasteiger partial charge in [0.15, 0.2) is 5.11 Å². The van der Waals surface area contributed by atoms with Gasteiger partial charge in [0.05, 0.1) is 12.3 Å². The second kappa shape index (κ2) is 7.93. The molecule has 2 aromatic rings. The summed E-state index contributed by atoms with van der Waals surface area (Å²) in [7, 11) is 0. The van der Waals surface area contributed by atoms with Crippen molar-refractivity contribution in [3.63, 3.8) is 0 Å². The van der Waals surface area contributed by atoms with Crippen molar-refractivity contribution in [2.24, 2.45) is 0 Å². The monoisotopic (exact) mass is 366 g/mol. The molecule has 0 atom stereocenters. The average Bonchev–Trinajstić information content (AvgIpc) is 2.65. The summed E-state index contributed by atoms with van der Waals surface area (Å²) in [4.78, 5) is 26.6. The molecule has 1 aliphatic heterocycles. The molecule has 132 valence electrons. The van der Waals surface area contributed by atoms with Crippen LogP contribution in [0, 0.1) is 0 Å².